The number of carbonyl (C=O) groups is 1. The van der Waals surface area contributed by atoms with Gasteiger partial charge >= 0.3 is 0 Å². The number of rotatable bonds is 3. The first kappa shape index (κ1) is 7.99. The fourth-order valence-corrected chi connectivity index (χ4v) is 1.35. The lowest BCUT2D eigenvalue weighted by atomic mass is 10.5. The topological polar surface area (TPSA) is 73.6 Å². The minimum Gasteiger partial charge on any atom is -0.296 e. The van der Waals surface area contributed by atoms with Gasteiger partial charge in [-0.2, -0.15) is 0 Å². The Morgan fingerprint density at radius 3 is 3.15 bits per heavy atom. The molecule has 2 aromatic heterocycles. The smallest absolute Gasteiger partial charge is 0.171 e. The molecule has 0 fully saturated rings. The van der Waals surface area contributed by atoms with Crippen molar-refractivity contribution in [2.24, 2.45) is 0 Å². The van der Waals surface area contributed by atoms with Gasteiger partial charge in [-0.1, -0.05) is 9.70 Å². The summed E-state index contributed by atoms with van der Waals surface area (Å²) < 4.78 is 5.27. The lowest BCUT2D eigenvalue weighted by Crippen LogP contribution is -1.98. The maximum absolute atomic E-state index is 10.3. The first-order valence-corrected chi connectivity index (χ1v) is 4.27. The molecule has 7 heteroatoms. The van der Waals surface area contributed by atoms with E-state index in [9.17, 15) is 4.79 Å². The maximum Gasteiger partial charge on any atom is 0.171 e. The van der Waals surface area contributed by atoms with Crippen molar-refractivity contribution in [3.8, 4) is 0 Å². The van der Waals surface area contributed by atoms with E-state index in [1.54, 1.807) is 17.1 Å². The highest BCUT2D eigenvalue weighted by molar-refractivity contribution is 7.05. The Balaban J connectivity index is 2.14. The van der Waals surface area contributed by atoms with Crippen LogP contribution in [0.1, 0.15) is 15.4 Å². The maximum atomic E-state index is 10.3. The van der Waals surface area contributed by atoms with E-state index in [0.717, 1.165) is 4.88 Å². The molecule has 6 nitrogen and oxygen atoms in total. The summed E-state index contributed by atoms with van der Waals surface area (Å²) in [6.45, 7) is 0.554. The Bertz CT molecular complexity index is 395. The summed E-state index contributed by atoms with van der Waals surface area (Å²) in [7, 11) is 0. The Hall–Kier alpha value is -1.63. The van der Waals surface area contributed by atoms with Crippen LogP contribution in [0.25, 0.3) is 0 Å². The third-order valence-corrected chi connectivity index (χ3v) is 2.05. The number of aromatic nitrogens is 5. The highest BCUT2D eigenvalue weighted by Gasteiger charge is 2.01. The standard InChI is InChI=1S/C6H5N5OS/c12-4-5-2-11(9-8-5)3-6-1-7-10-13-6/h1-2,4H,3H2. The van der Waals surface area contributed by atoms with Crippen molar-refractivity contribution in [1.82, 2.24) is 24.6 Å². The molecule has 0 unspecified atom stereocenters. The molecular weight excluding hydrogens is 190 g/mol. The zero-order valence-electron chi connectivity index (χ0n) is 6.49. The van der Waals surface area contributed by atoms with Gasteiger partial charge in [0.15, 0.2) is 6.29 Å². The SMILES string of the molecule is O=Cc1cn(Cc2cnns2)nn1. The van der Waals surface area contributed by atoms with Crippen molar-refractivity contribution in [2.75, 3.05) is 0 Å². The Labute approximate surface area is 77.4 Å². The summed E-state index contributed by atoms with van der Waals surface area (Å²) in [6.07, 6.45) is 3.90. The molecule has 0 saturated carbocycles. The van der Waals surface area contributed by atoms with E-state index in [1.165, 1.54) is 11.5 Å². The van der Waals surface area contributed by atoms with Crippen LogP contribution in [0.4, 0.5) is 0 Å². The van der Waals surface area contributed by atoms with E-state index >= 15 is 0 Å². The van der Waals surface area contributed by atoms with Crippen LogP contribution >= 0.6 is 11.5 Å². The van der Waals surface area contributed by atoms with E-state index < -0.39 is 0 Å². The van der Waals surface area contributed by atoms with Gasteiger partial charge in [0.1, 0.15) is 5.69 Å². The minimum absolute atomic E-state index is 0.331. The van der Waals surface area contributed by atoms with Crippen molar-refractivity contribution in [3.63, 3.8) is 0 Å². The molecular formula is C6H5N5OS. The second-order valence-corrected chi connectivity index (χ2v) is 3.21. The normalized spacial score (nSPS) is 10.2. The lowest BCUT2D eigenvalue weighted by molar-refractivity contribution is 0.111. The molecule has 0 aliphatic carbocycles. The predicted molar refractivity (Wildman–Crippen MR) is 44.4 cm³/mol. The molecule has 0 saturated heterocycles. The van der Waals surface area contributed by atoms with Crippen LogP contribution in [0.3, 0.4) is 0 Å². The van der Waals surface area contributed by atoms with Crippen molar-refractivity contribution in [2.45, 2.75) is 6.54 Å². The second-order valence-electron chi connectivity index (χ2n) is 2.34. The van der Waals surface area contributed by atoms with Crippen molar-refractivity contribution < 1.29 is 4.79 Å². The minimum atomic E-state index is 0.331. The number of carbonyl (C=O) groups excluding carboxylic acids is 1. The van der Waals surface area contributed by atoms with Gasteiger partial charge in [-0.05, 0) is 11.5 Å². The molecule has 0 aliphatic rings. The van der Waals surface area contributed by atoms with Crippen LogP contribution in [-0.4, -0.2) is 30.9 Å². The van der Waals surface area contributed by atoms with Crippen LogP contribution in [0.15, 0.2) is 12.4 Å². The van der Waals surface area contributed by atoms with Gasteiger partial charge in [-0.3, -0.25) is 4.79 Å². The monoisotopic (exact) mass is 195 g/mol. The quantitative estimate of drug-likeness (QED) is 0.644. The first-order valence-electron chi connectivity index (χ1n) is 3.50. The molecule has 13 heavy (non-hydrogen) atoms. The average Bonchev–Trinajstić information content (AvgIpc) is 2.76. The second kappa shape index (κ2) is 3.40. The Morgan fingerprint density at radius 2 is 2.54 bits per heavy atom. The molecule has 2 heterocycles. The zero-order chi connectivity index (χ0) is 9.10. The summed E-state index contributed by atoms with van der Waals surface area (Å²) >= 11 is 1.30. The van der Waals surface area contributed by atoms with E-state index in [1.807, 2.05) is 0 Å². The van der Waals surface area contributed by atoms with Gasteiger partial charge < -0.3 is 0 Å². The molecule has 0 radical (unpaired) electrons. The van der Waals surface area contributed by atoms with Crippen LogP contribution < -0.4 is 0 Å². The van der Waals surface area contributed by atoms with E-state index in [-0.39, 0.29) is 0 Å². The third kappa shape index (κ3) is 1.75. The van der Waals surface area contributed by atoms with Gasteiger partial charge in [0, 0.05) is 0 Å². The molecule has 0 bridgehead atoms. The third-order valence-electron chi connectivity index (χ3n) is 1.40. The molecule has 0 aromatic carbocycles. The van der Waals surface area contributed by atoms with Gasteiger partial charge in [0.05, 0.1) is 23.8 Å². The fraction of sp³-hybridized carbons (Fsp3) is 0.167. The lowest BCUT2D eigenvalue weighted by Gasteiger charge is -1.92. The first-order chi connectivity index (χ1) is 6.38. The van der Waals surface area contributed by atoms with E-state index in [2.05, 4.69) is 19.9 Å². The van der Waals surface area contributed by atoms with Gasteiger partial charge in [0.25, 0.3) is 0 Å². The number of nitrogens with zero attached hydrogens (tertiary/aromatic N) is 5. The average molecular weight is 195 g/mol. The molecule has 2 aromatic rings. The van der Waals surface area contributed by atoms with E-state index in [4.69, 9.17) is 0 Å². The molecule has 0 atom stereocenters. The Kier molecular flexibility index (Phi) is 2.09. The molecule has 0 spiro atoms. The molecule has 0 aliphatic heterocycles. The van der Waals surface area contributed by atoms with Crippen molar-refractivity contribution in [3.05, 3.63) is 23.0 Å². The summed E-state index contributed by atoms with van der Waals surface area (Å²) in [4.78, 5) is 11.3. The molecule has 0 N–H and O–H groups in total. The number of aldehydes is 1. The van der Waals surface area contributed by atoms with Crippen LogP contribution in [-0.2, 0) is 6.54 Å². The van der Waals surface area contributed by atoms with Crippen LogP contribution in [0, 0.1) is 0 Å². The van der Waals surface area contributed by atoms with Gasteiger partial charge in [-0.15, -0.1) is 10.2 Å². The number of hydrogen-bond acceptors (Lipinski definition) is 6. The van der Waals surface area contributed by atoms with Crippen LogP contribution in [0.2, 0.25) is 0 Å². The van der Waals surface area contributed by atoms with E-state index in [0.29, 0.717) is 18.5 Å². The molecule has 2 rings (SSSR count). The van der Waals surface area contributed by atoms with Crippen molar-refractivity contribution in [1.29, 1.82) is 0 Å². The fourth-order valence-electron chi connectivity index (χ4n) is 0.862. The number of hydrogen-bond donors (Lipinski definition) is 0. The Morgan fingerprint density at radius 1 is 1.62 bits per heavy atom. The summed E-state index contributed by atoms with van der Waals surface area (Å²) in [5, 5.41) is 11.1. The molecule has 66 valence electrons. The van der Waals surface area contributed by atoms with Gasteiger partial charge in [-0.25, -0.2) is 4.68 Å². The highest BCUT2D eigenvalue weighted by atomic mass is 32.1. The summed E-state index contributed by atoms with van der Waals surface area (Å²) in [5.41, 5.74) is 0.331. The summed E-state index contributed by atoms with van der Waals surface area (Å²) in [6, 6.07) is 0. The zero-order valence-corrected chi connectivity index (χ0v) is 7.31. The highest BCUT2D eigenvalue weighted by Crippen LogP contribution is 2.03. The van der Waals surface area contributed by atoms with Gasteiger partial charge in [0.2, 0.25) is 0 Å². The largest absolute Gasteiger partial charge is 0.296 e. The van der Waals surface area contributed by atoms with Crippen LogP contribution in [0.5, 0.6) is 0 Å². The van der Waals surface area contributed by atoms with Crippen molar-refractivity contribution >= 4 is 17.8 Å². The predicted octanol–water partition coefficient (Wildman–Crippen LogP) is -0.00960. The summed E-state index contributed by atoms with van der Waals surface area (Å²) in [5.74, 6) is 0. The molecule has 0 amide bonds.